The number of aromatic hydroxyl groups is 1. The lowest BCUT2D eigenvalue weighted by Crippen LogP contribution is -1.97. The highest BCUT2D eigenvalue weighted by atomic mass is 32.2. The summed E-state index contributed by atoms with van der Waals surface area (Å²) in [6.07, 6.45) is 3.69. The van der Waals surface area contributed by atoms with E-state index in [0.717, 1.165) is 15.9 Å². The van der Waals surface area contributed by atoms with Gasteiger partial charge < -0.3 is 9.84 Å². The first-order valence-electron chi connectivity index (χ1n) is 6.06. The van der Waals surface area contributed by atoms with Crippen LogP contribution in [0.25, 0.3) is 16.0 Å². The second kappa shape index (κ2) is 5.42. The van der Waals surface area contributed by atoms with Gasteiger partial charge >= 0.3 is 5.97 Å². The Morgan fingerprint density at radius 3 is 2.95 bits per heavy atom. The van der Waals surface area contributed by atoms with Crippen LogP contribution in [0.15, 0.2) is 35.5 Å². The minimum Gasteiger partial charge on any atom is -0.506 e. The second-order valence-corrected chi connectivity index (χ2v) is 6.17. The highest BCUT2D eigenvalue weighted by molar-refractivity contribution is 7.98. The van der Waals surface area contributed by atoms with E-state index in [9.17, 15) is 9.90 Å². The molecule has 0 radical (unpaired) electrons. The van der Waals surface area contributed by atoms with Crippen molar-refractivity contribution in [1.29, 1.82) is 0 Å². The normalized spacial score (nSPS) is 11.0. The van der Waals surface area contributed by atoms with Crippen LogP contribution >= 0.6 is 23.1 Å². The molecule has 3 rings (SSSR count). The van der Waals surface area contributed by atoms with Crippen molar-refractivity contribution in [1.82, 2.24) is 9.55 Å². The van der Waals surface area contributed by atoms with Gasteiger partial charge in [-0.2, -0.15) is 0 Å². The van der Waals surface area contributed by atoms with Crippen molar-refractivity contribution in [3.63, 3.8) is 0 Å². The standard InChI is InChI=1S/C14H12N2O3S2/c1-19-14(18)13-11(17)6-12(21-13)16-7-15-9-5-8(20-2)3-4-10(9)16/h3-7,17H,1-2H3. The highest BCUT2D eigenvalue weighted by Crippen LogP contribution is 2.33. The van der Waals surface area contributed by atoms with Crippen molar-refractivity contribution >= 4 is 40.1 Å². The number of methoxy groups -OCH3 is 1. The molecule has 0 aliphatic carbocycles. The molecule has 0 aliphatic heterocycles. The smallest absolute Gasteiger partial charge is 0.351 e. The molecule has 0 unspecified atom stereocenters. The van der Waals surface area contributed by atoms with Crippen LogP contribution in [-0.2, 0) is 4.74 Å². The molecule has 1 N–H and O–H groups in total. The van der Waals surface area contributed by atoms with Crippen molar-refractivity contribution in [2.24, 2.45) is 0 Å². The quantitative estimate of drug-likeness (QED) is 0.592. The van der Waals surface area contributed by atoms with Gasteiger partial charge in [-0.25, -0.2) is 9.78 Å². The van der Waals surface area contributed by atoms with Crippen LogP contribution in [0.2, 0.25) is 0 Å². The Morgan fingerprint density at radius 1 is 1.43 bits per heavy atom. The van der Waals surface area contributed by atoms with Gasteiger partial charge in [0.25, 0.3) is 0 Å². The van der Waals surface area contributed by atoms with Crippen molar-refractivity contribution in [3.8, 4) is 10.8 Å². The van der Waals surface area contributed by atoms with E-state index in [1.54, 1.807) is 24.2 Å². The van der Waals surface area contributed by atoms with Crippen LogP contribution in [0.4, 0.5) is 0 Å². The predicted molar refractivity (Wildman–Crippen MR) is 83.7 cm³/mol. The maximum absolute atomic E-state index is 11.6. The van der Waals surface area contributed by atoms with Gasteiger partial charge in [-0.3, -0.25) is 4.57 Å². The molecule has 2 aromatic heterocycles. The number of fused-ring (bicyclic) bond motifs is 1. The topological polar surface area (TPSA) is 64.4 Å². The maximum atomic E-state index is 11.6. The molecule has 0 saturated heterocycles. The third-order valence-electron chi connectivity index (χ3n) is 3.06. The number of aromatic nitrogens is 2. The third kappa shape index (κ3) is 2.38. The first-order chi connectivity index (χ1) is 10.1. The zero-order valence-electron chi connectivity index (χ0n) is 11.4. The summed E-state index contributed by atoms with van der Waals surface area (Å²) in [6, 6.07) is 7.54. The van der Waals surface area contributed by atoms with Crippen LogP contribution < -0.4 is 0 Å². The van der Waals surface area contributed by atoms with E-state index in [4.69, 9.17) is 0 Å². The molecule has 0 fully saturated rings. The number of benzene rings is 1. The number of hydrogen-bond acceptors (Lipinski definition) is 6. The Balaban J connectivity index is 2.10. The van der Waals surface area contributed by atoms with Crippen LogP contribution in [0.5, 0.6) is 5.75 Å². The molecule has 1 aromatic carbocycles. The molecule has 108 valence electrons. The molecule has 0 atom stereocenters. The number of carbonyl (C=O) groups excluding carboxylic acids is 1. The number of thioether (sulfide) groups is 1. The van der Waals surface area contributed by atoms with E-state index >= 15 is 0 Å². The lowest BCUT2D eigenvalue weighted by Gasteiger charge is -2.00. The number of thiophene rings is 1. The Bertz CT molecular complexity index is 823. The zero-order valence-corrected chi connectivity index (χ0v) is 13.0. The lowest BCUT2D eigenvalue weighted by molar-refractivity contribution is 0.0603. The SMILES string of the molecule is COC(=O)c1sc(-n2cnc3cc(SC)ccc32)cc1O. The first-order valence-corrected chi connectivity index (χ1v) is 8.10. The second-order valence-electron chi connectivity index (χ2n) is 4.26. The van der Waals surface area contributed by atoms with Gasteiger partial charge in [0, 0.05) is 11.0 Å². The van der Waals surface area contributed by atoms with Gasteiger partial charge in [-0.15, -0.1) is 23.1 Å². The molecule has 21 heavy (non-hydrogen) atoms. The summed E-state index contributed by atoms with van der Waals surface area (Å²) >= 11 is 2.82. The summed E-state index contributed by atoms with van der Waals surface area (Å²) in [4.78, 5) is 17.3. The van der Waals surface area contributed by atoms with Crippen molar-refractivity contribution in [2.75, 3.05) is 13.4 Å². The fourth-order valence-electron chi connectivity index (χ4n) is 2.02. The van der Waals surface area contributed by atoms with Crippen molar-refractivity contribution in [3.05, 3.63) is 35.5 Å². The molecular weight excluding hydrogens is 308 g/mol. The average molecular weight is 320 g/mol. The van der Waals surface area contributed by atoms with Crippen LogP contribution in [0.1, 0.15) is 9.67 Å². The average Bonchev–Trinajstić information content (AvgIpc) is 3.08. The first kappa shape index (κ1) is 14.0. The number of esters is 1. The molecule has 5 nitrogen and oxygen atoms in total. The van der Waals surface area contributed by atoms with E-state index in [1.807, 2.05) is 29.0 Å². The van der Waals surface area contributed by atoms with Crippen LogP contribution in [-0.4, -0.2) is 34.0 Å². The van der Waals surface area contributed by atoms with Gasteiger partial charge in [0.1, 0.15) is 17.1 Å². The number of carbonyl (C=O) groups is 1. The molecule has 3 aromatic rings. The van der Waals surface area contributed by atoms with E-state index in [-0.39, 0.29) is 10.6 Å². The number of nitrogens with zero attached hydrogens (tertiary/aromatic N) is 2. The zero-order chi connectivity index (χ0) is 15.0. The summed E-state index contributed by atoms with van der Waals surface area (Å²) in [5, 5.41) is 10.6. The van der Waals surface area contributed by atoms with Crippen LogP contribution in [0.3, 0.4) is 0 Å². The molecule has 7 heteroatoms. The summed E-state index contributed by atoms with van der Waals surface area (Å²) in [5.74, 6) is -0.623. The third-order valence-corrected chi connectivity index (χ3v) is 4.89. The fourth-order valence-corrected chi connectivity index (χ4v) is 3.41. The number of hydrogen-bond donors (Lipinski definition) is 1. The van der Waals surface area contributed by atoms with E-state index in [0.29, 0.717) is 5.00 Å². The largest absolute Gasteiger partial charge is 0.506 e. The van der Waals surface area contributed by atoms with Gasteiger partial charge in [0.15, 0.2) is 4.88 Å². The minimum absolute atomic E-state index is 0.0792. The Morgan fingerprint density at radius 2 is 2.24 bits per heavy atom. The monoisotopic (exact) mass is 320 g/mol. The van der Waals surface area contributed by atoms with E-state index in [2.05, 4.69) is 9.72 Å². The summed E-state index contributed by atoms with van der Waals surface area (Å²) in [5.41, 5.74) is 1.79. The van der Waals surface area contributed by atoms with E-state index in [1.165, 1.54) is 18.4 Å². The lowest BCUT2D eigenvalue weighted by atomic mass is 10.3. The number of imidazole rings is 1. The van der Waals surface area contributed by atoms with Gasteiger partial charge in [-0.1, -0.05) is 0 Å². The minimum atomic E-state index is -0.544. The Hall–Kier alpha value is -1.99. The Labute approximate surface area is 129 Å². The molecule has 0 aliphatic rings. The van der Waals surface area contributed by atoms with Crippen molar-refractivity contribution < 1.29 is 14.6 Å². The molecule has 0 spiro atoms. The molecule has 2 heterocycles. The highest BCUT2D eigenvalue weighted by Gasteiger charge is 2.18. The van der Waals surface area contributed by atoms with Crippen LogP contribution in [0, 0.1) is 0 Å². The van der Waals surface area contributed by atoms with Crippen molar-refractivity contribution in [2.45, 2.75) is 4.90 Å². The molecule has 0 saturated carbocycles. The van der Waals surface area contributed by atoms with E-state index < -0.39 is 5.97 Å². The molecule has 0 amide bonds. The van der Waals surface area contributed by atoms with Gasteiger partial charge in [0.05, 0.1) is 18.1 Å². The summed E-state index contributed by atoms with van der Waals surface area (Å²) in [6.45, 7) is 0. The molecule has 0 bridgehead atoms. The van der Waals surface area contributed by atoms with Gasteiger partial charge in [0.2, 0.25) is 0 Å². The Kier molecular flexibility index (Phi) is 3.60. The fraction of sp³-hybridized carbons (Fsp3) is 0.143. The summed E-state index contributed by atoms with van der Waals surface area (Å²) < 4.78 is 6.49. The molecular formula is C14H12N2O3S2. The summed E-state index contributed by atoms with van der Waals surface area (Å²) in [7, 11) is 1.29. The maximum Gasteiger partial charge on any atom is 0.351 e. The van der Waals surface area contributed by atoms with Gasteiger partial charge in [-0.05, 0) is 24.5 Å². The number of ether oxygens (including phenoxy) is 1. The predicted octanol–water partition coefficient (Wildman–Crippen LogP) is 3.30. The number of rotatable bonds is 3.